The molecule has 4 aromatic carbocycles. The molecular formula is C58H45F4N9O7. The van der Waals surface area contributed by atoms with E-state index >= 15 is 0 Å². The summed E-state index contributed by atoms with van der Waals surface area (Å²) in [5, 5.41) is 19.0. The second-order valence-electron chi connectivity index (χ2n) is 17.8. The lowest BCUT2D eigenvalue weighted by Crippen LogP contribution is -2.32. The van der Waals surface area contributed by atoms with Crippen LogP contribution in [0.4, 0.5) is 17.6 Å². The molecule has 0 aliphatic carbocycles. The molecule has 0 radical (unpaired) electrons. The van der Waals surface area contributed by atoms with Gasteiger partial charge >= 0.3 is 5.97 Å². The molecule has 16 nitrogen and oxygen atoms in total. The van der Waals surface area contributed by atoms with Gasteiger partial charge < -0.3 is 40.2 Å². The fourth-order valence-electron chi connectivity index (χ4n) is 8.58. The number of carbonyl (C=O) groups is 4. The van der Waals surface area contributed by atoms with E-state index in [1.54, 1.807) is 24.4 Å². The number of carboxylic acid groups (broad SMARTS) is 1. The van der Waals surface area contributed by atoms with E-state index in [9.17, 15) is 51.4 Å². The summed E-state index contributed by atoms with van der Waals surface area (Å²) in [7, 11) is 0. The maximum atomic E-state index is 13.6. The van der Waals surface area contributed by atoms with E-state index in [1.807, 2.05) is 61.7 Å². The first-order chi connectivity index (χ1) is 37.6. The van der Waals surface area contributed by atoms with Crippen molar-refractivity contribution < 1.29 is 41.8 Å². The Kier molecular flexibility index (Phi) is 15.6. The molecule has 0 aliphatic heterocycles. The van der Waals surface area contributed by atoms with Crippen LogP contribution in [-0.2, 0) is 26.2 Å². The predicted molar refractivity (Wildman–Crippen MR) is 283 cm³/mol. The molecule has 78 heavy (non-hydrogen) atoms. The van der Waals surface area contributed by atoms with Crippen molar-refractivity contribution in [2.75, 3.05) is 6.54 Å². The summed E-state index contributed by atoms with van der Waals surface area (Å²) in [6.07, 6.45) is 9.31. The van der Waals surface area contributed by atoms with Gasteiger partial charge in [-0.3, -0.25) is 24.0 Å². The second-order valence-corrected chi connectivity index (χ2v) is 17.8. The van der Waals surface area contributed by atoms with Gasteiger partial charge in [-0.05, 0) is 113 Å². The number of hydrogen-bond acceptors (Lipinski definition) is 8. The van der Waals surface area contributed by atoms with Gasteiger partial charge in [0.1, 0.15) is 22.4 Å². The standard InChI is InChI=1S/C30H25F2N5O3.C28H20F2N4O4/c1-2-33-28(38)21-13-23-24(16-35-27(23)34-15-21)20-6-3-5-18(11-20)14-36-29(39)22-7-4-10-37(30(22)40)17-19-8-9-25(31)26(32)12-19;29-23-7-6-17(10-24(23)30)15-34-8-2-5-20(27(34)36)26(35)33-12-16-3-1-4-18(9-16)22-14-32-25-21(22)11-19(13-31-25)28(37)38/h3-13,15-16H,2,14,17H2,1H3,(H,33,38)(H,34,35)(H,36,39);1-11,13-14H,12,15H2,(H,31,32)(H,33,35)(H,37,38). The van der Waals surface area contributed by atoms with Crippen LogP contribution in [-0.4, -0.2) is 64.4 Å². The zero-order valence-corrected chi connectivity index (χ0v) is 41.2. The minimum absolute atomic E-state index is 0.0134. The van der Waals surface area contributed by atoms with E-state index < -0.39 is 52.2 Å². The van der Waals surface area contributed by atoms with Crippen LogP contribution in [0.2, 0.25) is 0 Å². The quantitative estimate of drug-likeness (QED) is 0.0539. The van der Waals surface area contributed by atoms with Gasteiger partial charge in [0, 0.05) is 78.7 Å². The molecule has 0 unspecified atom stereocenters. The first kappa shape index (κ1) is 52.6. The van der Waals surface area contributed by atoms with Gasteiger partial charge in [0.25, 0.3) is 28.8 Å². The lowest BCUT2D eigenvalue weighted by atomic mass is 10.0. The highest BCUT2D eigenvalue weighted by Crippen LogP contribution is 2.30. The predicted octanol–water partition coefficient (Wildman–Crippen LogP) is 8.74. The van der Waals surface area contributed by atoms with Crippen LogP contribution in [0.1, 0.15) is 70.6 Å². The fourth-order valence-corrected chi connectivity index (χ4v) is 8.58. The second kappa shape index (κ2) is 23.1. The number of halogens is 4. The molecule has 0 atom stereocenters. The number of nitrogens with one attached hydrogen (secondary N) is 5. The number of carboxylic acids is 1. The van der Waals surface area contributed by atoms with Gasteiger partial charge in [0.05, 0.1) is 24.2 Å². The van der Waals surface area contributed by atoms with Crippen LogP contribution < -0.4 is 27.1 Å². The van der Waals surface area contributed by atoms with Gasteiger partial charge in [-0.25, -0.2) is 32.3 Å². The maximum absolute atomic E-state index is 13.6. The van der Waals surface area contributed by atoms with Crippen molar-refractivity contribution in [1.29, 1.82) is 0 Å². The van der Waals surface area contributed by atoms with Gasteiger partial charge in [-0.1, -0.05) is 48.5 Å². The van der Waals surface area contributed by atoms with Gasteiger partial charge in [0.15, 0.2) is 23.3 Å². The van der Waals surface area contributed by atoms with E-state index in [-0.39, 0.29) is 48.8 Å². The molecule has 6 heterocycles. The number of fused-ring (bicyclic) bond motifs is 2. The van der Waals surface area contributed by atoms with Crippen LogP contribution in [0.15, 0.2) is 168 Å². The summed E-state index contributed by atoms with van der Waals surface area (Å²) in [6, 6.07) is 30.9. The third kappa shape index (κ3) is 11.8. The molecule has 392 valence electrons. The number of aromatic nitrogens is 6. The van der Waals surface area contributed by atoms with Gasteiger partial charge in [-0.15, -0.1) is 0 Å². The average molecular weight is 1060 g/mol. The molecule has 0 saturated heterocycles. The zero-order valence-electron chi connectivity index (χ0n) is 41.2. The molecular weight excluding hydrogens is 1010 g/mol. The Bertz CT molecular complexity index is 4080. The molecule has 0 fully saturated rings. The third-order valence-electron chi connectivity index (χ3n) is 12.5. The number of rotatable bonds is 15. The number of aromatic carboxylic acids is 1. The molecule has 10 rings (SSSR count). The van der Waals surface area contributed by atoms with Crippen molar-refractivity contribution in [3.05, 3.63) is 247 Å². The molecule has 3 amide bonds. The van der Waals surface area contributed by atoms with Crippen molar-refractivity contribution in [3.8, 4) is 22.3 Å². The molecule has 0 spiro atoms. The Morgan fingerprint density at radius 2 is 0.987 bits per heavy atom. The number of benzene rings is 4. The summed E-state index contributed by atoms with van der Waals surface area (Å²) in [5.74, 6) is -6.40. The summed E-state index contributed by atoms with van der Waals surface area (Å²) in [4.78, 5) is 89.8. The lowest BCUT2D eigenvalue weighted by Gasteiger charge is -2.10. The fraction of sp³-hybridized carbons (Fsp3) is 0.103. The summed E-state index contributed by atoms with van der Waals surface area (Å²) in [6.45, 7) is 2.61. The Hall–Kier alpha value is -10.2. The van der Waals surface area contributed by atoms with E-state index in [1.165, 1.54) is 64.3 Å². The SMILES string of the molecule is CCNC(=O)c1cnc2[nH]cc(-c3cccc(CNC(=O)c4cccn(Cc5ccc(F)c(F)c5)c4=O)c3)c2c1.O=C(O)c1cnc2[nH]cc(-c3cccc(CNC(=O)c4cccn(Cc5ccc(F)c(F)c5)c4=O)c3)c2c1. The Morgan fingerprint density at radius 3 is 1.44 bits per heavy atom. The first-order valence-corrected chi connectivity index (χ1v) is 24.1. The largest absolute Gasteiger partial charge is 0.478 e. The smallest absolute Gasteiger partial charge is 0.337 e. The summed E-state index contributed by atoms with van der Waals surface area (Å²) >= 11 is 0. The number of carbonyl (C=O) groups excluding carboxylic acids is 3. The highest BCUT2D eigenvalue weighted by molar-refractivity contribution is 6.01. The zero-order chi connectivity index (χ0) is 55.0. The summed E-state index contributed by atoms with van der Waals surface area (Å²) in [5.41, 5.74) is 6.03. The maximum Gasteiger partial charge on any atom is 0.337 e. The Labute approximate surface area is 440 Å². The van der Waals surface area contributed by atoms with Crippen molar-refractivity contribution >= 4 is 45.8 Å². The van der Waals surface area contributed by atoms with E-state index in [0.29, 0.717) is 39.9 Å². The first-order valence-electron chi connectivity index (χ1n) is 24.1. The minimum Gasteiger partial charge on any atom is -0.478 e. The molecule has 0 saturated carbocycles. The number of aromatic amines is 2. The highest BCUT2D eigenvalue weighted by atomic mass is 19.2. The van der Waals surface area contributed by atoms with Crippen molar-refractivity contribution in [2.24, 2.45) is 0 Å². The summed E-state index contributed by atoms with van der Waals surface area (Å²) < 4.78 is 56.1. The van der Waals surface area contributed by atoms with Gasteiger partial charge in [0.2, 0.25) is 0 Å². The molecule has 10 aromatic rings. The number of H-pyrrole nitrogens is 2. The van der Waals surface area contributed by atoms with E-state index in [0.717, 1.165) is 63.0 Å². The molecule has 20 heteroatoms. The molecule has 6 N–H and O–H groups in total. The van der Waals surface area contributed by atoms with Crippen molar-refractivity contribution in [1.82, 2.24) is 45.0 Å². The number of amides is 3. The highest BCUT2D eigenvalue weighted by Gasteiger charge is 2.18. The third-order valence-corrected chi connectivity index (χ3v) is 12.5. The van der Waals surface area contributed by atoms with Crippen LogP contribution >= 0.6 is 0 Å². The Morgan fingerprint density at radius 1 is 0.526 bits per heavy atom. The minimum atomic E-state index is -1.08. The lowest BCUT2D eigenvalue weighted by molar-refractivity contribution is 0.0695. The van der Waals surface area contributed by atoms with Crippen LogP contribution in [0, 0.1) is 23.3 Å². The average Bonchev–Trinajstić information content (AvgIpc) is 4.09. The molecule has 0 aliphatic rings. The topological polar surface area (TPSA) is 226 Å². The van der Waals surface area contributed by atoms with Crippen LogP contribution in [0.25, 0.3) is 44.3 Å². The van der Waals surface area contributed by atoms with Crippen molar-refractivity contribution in [3.63, 3.8) is 0 Å². The molecule has 0 bridgehead atoms. The monoisotopic (exact) mass is 1060 g/mol. The number of hydrogen-bond donors (Lipinski definition) is 6. The number of nitrogens with zero attached hydrogens (tertiary/aromatic N) is 4. The molecule has 6 aromatic heterocycles. The van der Waals surface area contributed by atoms with Crippen LogP contribution in [0.5, 0.6) is 0 Å². The van der Waals surface area contributed by atoms with Crippen molar-refractivity contribution in [2.45, 2.75) is 33.1 Å². The normalized spacial score (nSPS) is 11.0. The van der Waals surface area contributed by atoms with E-state index in [4.69, 9.17) is 0 Å². The Balaban J connectivity index is 0.000000190. The number of pyridine rings is 4. The van der Waals surface area contributed by atoms with Crippen LogP contribution in [0.3, 0.4) is 0 Å². The van der Waals surface area contributed by atoms with E-state index in [2.05, 4.69) is 35.9 Å². The van der Waals surface area contributed by atoms with Gasteiger partial charge in [-0.2, -0.15) is 0 Å².